The molecule has 1 aromatic rings. The Hall–Kier alpha value is -1.70. The summed E-state index contributed by atoms with van der Waals surface area (Å²) in [6, 6.07) is 8.04. The summed E-state index contributed by atoms with van der Waals surface area (Å²) in [6.45, 7) is 3.95. The fourth-order valence-corrected chi connectivity index (χ4v) is 1.66. The summed E-state index contributed by atoms with van der Waals surface area (Å²) >= 11 is 0. The molecule has 0 unspecified atom stereocenters. The van der Waals surface area contributed by atoms with Gasteiger partial charge >= 0.3 is 0 Å². The van der Waals surface area contributed by atoms with Crippen LogP contribution in [0.15, 0.2) is 42.6 Å². The van der Waals surface area contributed by atoms with Gasteiger partial charge in [-0.25, -0.2) is 0 Å². The van der Waals surface area contributed by atoms with E-state index in [1.165, 1.54) is 5.56 Å². The summed E-state index contributed by atoms with van der Waals surface area (Å²) in [4.78, 5) is 0. The minimum absolute atomic E-state index is 0.883. The Bertz CT molecular complexity index is 390. The molecule has 1 aliphatic heterocycles. The highest BCUT2D eigenvalue weighted by Gasteiger charge is 2.07. The normalized spacial score (nSPS) is 15.5. The maximum absolute atomic E-state index is 5.12. The third-order valence-corrected chi connectivity index (χ3v) is 2.51. The number of hydrogen-bond acceptors (Lipinski definition) is 2. The number of ether oxygens (including phenoxy) is 1. The molecule has 0 fully saturated rings. The van der Waals surface area contributed by atoms with Crippen molar-refractivity contribution in [2.45, 2.75) is 12.8 Å². The lowest BCUT2D eigenvalue weighted by Gasteiger charge is -2.18. The lowest BCUT2D eigenvalue weighted by molar-refractivity contribution is 0.415. The number of allylic oxidation sites excluding steroid dienone is 2. The van der Waals surface area contributed by atoms with E-state index in [1.807, 2.05) is 12.1 Å². The lowest BCUT2D eigenvalue weighted by atomic mass is 10.1. The molecule has 2 heteroatoms. The van der Waals surface area contributed by atoms with Crippen molar-refractivity contribution in [3.8, 4) is 5.75 Å². The maximum atomic E-state index is 5.12. The van der Waals surface area contributed by atoms with Gasteiger partial charge in [-0.1, -0.05) is 12.7 Å². The molecule has 2 rings (SSSR count). The van der Waals surface area contributed by atoms with Gasteiger partial charge in [-0.3, -0.25) is 0 Å². The molecule has 0 aromatic heterocycles. The third-order valence-electron chi connectivity index (χ3n) is 2.51. The first-order valence-corrected chi connectivity index (χ1v) is 5.09. The molecule has 0 saturated carbocycles. The number of nitrogens with one attached hydrogen (secondary N) is 1. The molecule has 0 spiro atoms. The zero-order valence-electron chi connectivity index (χ0n) is 8.92. The van der Waals surface area contributed by atoms with E-state index >= 15 is 0 Å². The second-order valence-corrected chi connectivity index (χ2v) is 3.61. The Morgan fingerprint density at radius 3 is 2.60 bits per heavy atom. The van der Waals surface area contributed by atoms with Crippen molar-refractivity contribution < 1.29 is 4.74 Å². The number of methoxy groups -OCH3 is 1. The van der Waals surface area contributed by atoms with E-state index in [-0.39, 0.29) is 0 Å². The van der Waals surface area contributed by atoms with Gasteiger partial charge in [-0.15, -0.1) is 0 Å². The van der Waals surface area contributed by atoms with Gasteiger partial charge in [-0.05, 0) is 42.7 Å². The Balaban J connectivity index is 2.22. The van der Waals surface area contributed by atoms with Crippen molar-refractivity contribution in [2.24, 2.45) is 0 Å². The Morgan fingerprint density at radius 1 is 1.27 bits per heavy atom. The van der Waals surface area contributed by atoms with Crippen molar-refractivity contribution in [1.29, 1.82) is 0 Å². The van der Waals surface area contributed by atoms with Crippen molar-refractivity contribution in [2.75, 3.05) is 7.11 Å². The number of hydrogen-bond donors (Lipinski definition) is 1. The van der Waals surface area contributed by atoms with Gasteiger partial charge in [0.25, 0.3) is 0 Å². The average Bonchev–Trinajstić information content (AvgIpc) is 2.29. The summed E-state index contributed by atoms with van der Waals surface area (Å²) in [6.07, 6.45) is 4.29. The number of rotatable bonds is 2. The zero-order valence-corrected chi connectivity index (χ0v) is 8.92. The Labute approximate surface area is 90.3 Å². The predicted octanol–water partition coefficient (Wildman–Crippen LogP) is 2.93. The highest BCUT2D eigenvalue weighted by molar-refractivity contribution is 5.66. The first-order valence-electron chi connectivity index (χ1n) is 5.09. The molecule has 1 aromatic carbocycles. The fourth-order valence-electron chi connectivity index (χ4n) is 1.66. The van der Waals surface area contributed by atoms with Crippen LogP contribution in [0.1, 0.15) is 18.4 Å². The Morgan fingerprint density at radius 2 is 2.00 bits per heavy atom. The van der Waals surface area contributed by atoms with Crippen LogP contribution in [0.4, 0.5) is 0 Å². The molecule has 0 saturated heterocycles. The highest BCUT2D eigenvalue weighted by Crippen LogP contribution is 2.22. The van der Waals surface area contributed by atoms with E-state index in [2.05, 4.69) is 30.1 Å². The molecule has 0 radical (unpaired) electrons. The van der Waals surface area contributed by atoms with Crippen molar-refractivity contribution in [3.05, 3.63) is 48.2 Å². The van der Waals surface area contributed by atoms with Crippen LogP contribution in [0.2, 0.25) is 0 Å². The monoisotopic (exact) mass is 201 g/mol. The van der Waals surface area contributed by atoms with E-state index in [1.54, 1.807) is 7.11 Å². The first kappa shape index (κ1) is 9.84. The molecule has 15 heavy (non-hydrogen) atoms. The smallest absolute Gasteiger partial charge is 0.118 e. The van der Waals surface area contributed by atoms with Crippen LogP contribution < -0.4 is 10.1 Å². The van der Waals surface area contributed by atoms with E-state index in [0.717, 1.165) is 30.0 Å². The quantitative estimate of drug-likeness (QED) is 0.794. The van der Waals surface area contributed by atoms with Gasteiger partial charge in [0.15, 0.2) is 0 Å². The molecule has 1 heterocycles. The molecule has 1 aliphatic rings. The lowest BCUT2D eigenvalue weighted by Crippen LogP contribution is -2.14. The first-order chi connectivity index (χ1) is 7.29. The summed E-state index contributed by atoms with van der Waals surface area (Å²) in [7, 11) is 1.68. The van der Waals surface area contributed by atoms with Crippen LogP contribution in [0, 0.1) is 0 Å². The third kappa shape index (κ3) is 2.21. The van der Waals surface area contributed by atoms with Gasteiger partial charge in [0.2, 0.25) is 0 Å². The summed E-state index contributed by atoms with van der Waals surface area (Å²) in [5.41, 5.74) is 3.41. The van der Waals surface area contributed by atoms with E-state index < -0.39 is 0 Å². The molecular weight excluding hydrogens is 186 g/mol. The van der Waals surface area contributed by atoms with Crippen molar-refractivity contribution >= 4 is 5.70 Å². The van der Waals surface area contributed by atoms with Crippen LogP contribution in [0.5, 0.6) is 5.75 Å². The summed E-state index contributed by atoms with van der Waals surface area (Å²) in [5, 5.41) is 3.30. The number of benzene rings is 1. The standard InChI is InChI=1S/C13H15NO/c1-10-4-3-5-13(14-10)11-6-8-12(15-2)9-7-11/h5-9,14H,1,3-4H2,2H3. The van der Waals surface area contributed by atoms with Crippen LogP contribution in [-0.2, 0) is 0 Å². The predicted molar refractivity (Wildman–Crippen MR) is 62.5 cm³/mol. The summed E-state index contributed by atoms with van der Waals surface area (Å²) < 4.78 is 5.12. The van der Waals surface area contributed by atoms with Crippen LogP contribution in [0.25, 0.3) is 5.70 Å². The maximum Gasteiger partial charge on any atom is 0.118 e. The van der Waals surface area contributed by atoms with Crippen molar-refractivity contribution in [1.82, 2.24) is 5.32 Å². The zero-order chi connectivity index (χ0) is 10.7. The largest absolute Gasteiger partial charge is 0.497 e. The molecule has 0 bridgehead atoms. The topological polar surface area (TPSA) is 21.3 Å². The van der Waals surface area contributed by atoms with Gasteiger partial charge in [-0.2, -0.15) is 0 Å². The minimum Gasteiger partial charge on any atom is -0.497 e. The molecule has 78 valence electrons. The fraction of sp³-hybridized carbons (Fsp3) is 0.231. The van der Waals surface area contributed by atoms with Gasteiger partial charge in [0.05, 0.1) is 7.11 Å². The van der Waals surface area contributed by atoms with E-state index in [9.17, 15) is 0 Å². The van der Waals surface area contributed by atoms with Gasteiger partial charge < -0.3 is 10.1 Å². The molecular formula is C13H15NO. The minimum atomic E-state index is 0.883. The van der Waals surface area contributed by atoms with Crippen LogP contribution >= 0.6 is 0 Å². The second-order valence-electron chi connectivity index (χ2n) is 3.61. The SMILES string of the molecule is C=C1CCC=C(c2ccc(OC)cc2)N1. The van der Waals surface area contributed by atoms with Gasteiger partial charge in [0.1, 0.15) is 5.75 Å². The van der Waals surface area contributed by atoms with Crippen LogP contribution in [-0.4, -0.2) is 7.11 Å². The van der Waals surface area contributed by atoms with E-state index in [0.29, 0.717) is 0 Å². The van der Waals surface area contributed by atoms with Crippen molar-refractivity contribution in [3.63, 3.8) is 0 Å². The summed E-state index contributed by atoms with van der Waals surface area (Å²) in [5.74, 6) is 0.883. The molecule has 2 nitrogen and oxygen atoms in total. The highest BCUT2D eigenvalue weighted by atomic mass is 16.5. The second kappa shape index (κ2) is 4.22. The Kier molecular flexibility index (Phi) is 2.77. The van der Waals surface area contributed by atoms with E-state index in [4.69, 9.17) is 4.74 Å². The average molecular weight is 201 g/mol. The molecule has 0 amide bonds. The molecule has 1 N–H and O–H groups in total. The molecule has 0 atom stereocenters. The molecule has 0 aliphatic carbocycles. The van der Waals surface area contributed by atoms with Gasteiger partial charge in [0, 0.05) is 11.4 Å². The van der Waals surface area contributed by atoms with Crippen LogP contribution in [0.3, 0.4) is 0 Å².